The van der Waals surface area contributed by atoms with E-state index in [0.717, 1.165) is 23.3 Å². The molecule has 0 aliphatic carbocycles. The van der Waals surface area contributed by atoms with Gasteiger partial charge in [-0.05, 0) is 50.4 Å². The standard InChI is InChI=1S/C18H22N4OS/c1-21-9-3-2-4-15(21)7-10-23-18-6-5-17-19-12-16(22(17)20-18)14-8-11-24-13-14/h5-6,8,11-13,15H,2-4,7,9-10H2,1H3. The third kappa shape index (κ3) is 3.16. The molecule has 0 saturated carbocycles. The third-order valence-corrected chi connectivity index (χ3v) is 5.46. The summed E-state index contributed by atoms with van der Waals surface area (Å²) in [6.07, 6.45) is 6.84. The van der Waals surface area contributed by atoms with Crippen LogP contribution in [0.3, 0.4) is 0 Å². The summed E-state index contributed by atoms with van der Waals surface area (Å²) in [5.41, 5.74) is 2.99. The molecule has 1 saturated heterocycles. The number of ether oxygens (including phenoxy) is 1. The van der Waals surface area contributed by atoms with Gasteiger partial charge in [0.25, 0.3) is 0 Å². The number of rotatable bonds is 5. The number of likely N-dealkylation sites (tertiary alicyclic amines) is 1. The van der Waals surface area contributed by atoms with E-state index in [9.17, 15) is 0 Å². The SMILES string of the molecule is CN1CCCCC1CCOc1ccc2ncc(-c3ccsc3)n2n1. The van der Waals surface area contributed by atoms with Crippen LogP contribution in [0.1, 0.15) is 25.7 Å². The number of fused-ring (bicyclic) bond motifs is 1. The fraction of sp³-hybridized carbons (Fsp3) is 0.444. The summed E-state index contributed by atoms with van der Waals surface area (Å²) >= 11 is 1.68. The van der Waals surface area contributed by atoms with Crippen molar-refractivity contribution >= 4 is 17.0 Å². The third-order valence-electron chi connectivity index (χ3n) is 4.78. The molecule has 4 heterocycles. The van der Waals surface area contributed by atoms with E-state index in [1.54, 1.807) is 11.3 Å². The lowest BCUT2D eigenvalue weighted by Gasteiger charge is -2.32. The van der Waals surface area contributed by atoms with E-state index in [4.69, 9.17) is 4.74 Å². The van der Waals surface area contributed by atoms with E-state index < -0.39 is 0 Å². The van der Waals surface area contributed by atoms with Gasteiger partial charge in [-0.15, -0.1) is 5.10 Å². The molecule has 0 aromatic carbocycles. The predicted molar refractivity (Wildman–Crippen MR) is 96.7 cm³/mol. The fourth-order valence-electron chi connectivity index (χ4n) is 3.35. The zero-order chi connectivity index (χ0) is 16.4. The minimum Gasteiger partial charge on any atom is -0.477 e. The first-order valence-electron chi connectivity index (χ1n) is 8.52. The molecule has 1 aliphatic rings. The Morgan fingerprint density at radius 3 is 3.08 bits per heavy atom. The first kappa shape index (κ1) is 15.6. The summed E-state index contributed by atoms with van der Waals surface area (Å²) in [5, 5.41) is 8.79. The van der Waals surface area contributed by atoms with Gasteiger partial charge >= 0.3 is 0 Å². The lowest BCUT2D eigenvalue weighted by atomic mass is 10.0. The lowest BCUT2D eigenvalue weighted by molar-refractivity contribution is 0.151. The number of nitrogens with zero attached hydrogens (tertiary/aromatic N) is 4. The number of piperidine rings is 1. The zero-order valence-corrected chi connectivity index (χ0v) is 14.7. The molecule has 1 unspecified atom stereocenters. The zero-order valence-electron chi connectivity index (χ0n) is 13.9. The van der Waals surface area contributed by atoms with E-state index in [-0.39, 0.29) is 0 Å². The van der Waals surface area contributed by atoms with Gasteiger partial charge in [0.15, 0.2) is 5.65 Å². The second-order valence-corrected chi connectivity index (χ2v) is 7.14. The van der Waals surface area contributed by atoms with Crippen LogP contribution in [0.5, 0.6) is 5.88 Å². The van der Waals surface area contributed by atoms with E-state index >= 15 is 0 Å². The molecular formula is C18H22N4OS. The first-order valence-corrected chi connectivity index (χ1v) is 9.46. The summed E-state index contributed by atoms with van der Waals surface area (Å²) in [7, 11) is 2.22. The molecule has 1 atom stereocenters. The van der Waals surface area contributed by atoms with Crippen LogP contribution in [0.4, 0.5) is 0 Å². The molecule has 0 radical (unpaired) electrons. The molecule has 4 rings (SSSR count). The van der Waals surface area contributed by atoms with Gasteiger partial charge in [0.1, 0.15) is 0 Å². The molecule has 6 heteroatoms. The molecular weight excluding hydrogens is 320 g/mol. The van der Waals surface area contributed by atoms with Gasteiger partial charge in [-0.1, -0.05) is 6.42 Å². The Balaban J connectivity index is 1.46. The van der Waals surface area contributed by atoms with Crippen molar-refractivity contribution in [2.24, 2.45) is 0 Å². The van der Waals surface area contributed by atoms with Crippen molar-refractivity contribution in [1.29, 1.82) is 0 Å². The second kappa shape index (κ2) is 6.91. The minimum absolute atomic E-state index is 0.636. The molecule has 0 bridgehead atoms. The van der Waals surface area contributed by atoms with Crippen molar-refractivity contribution in [3.63, 3.8) is 0 Å². The van der Waals surface area contributed by atoms with E-state index in [0.29, 0.717) is 18.5 Å². The van der Waals surface area contributed by atoms with E-state index in [2.05, 4.69) is 38.9 Å². The monoisotopic (exact) mass is 342 g/mol. The number of imidazole rings is 1. The maximum atomic E-state index is 5.92. The van der Waals surface area contributed by atoms with Crippen LogP contribution in [-0.2, 0) is 0 Å². The van der Waals surface area contributed by atoms with Crippen LogP contribution in [0, 0.1) is 0 Å². The second-order valence-electron chi connectivity index (χ2n) is 6.36. The van der Waals surface area contributed by atoms with E-state index in [1.807, 2.05) is 22.8 Å². The van der Waals surface area contributed by atoms with Crippen molar-refractivity contribution in [1.82, 2.24) is 19.5 Å². The fourth-order valence-corrected chi connectivity index (χ4v) is 4.00. The van der Waals surface area contributed by atoms with Crippen LogP contribution in [0.2, 0.25) is 0 Å². The Morgan fingerprint density at radius 2 is 2.25 bits per heavy atom. The predicted octanol–water partition coefficient (Wildman–Crippen LogP) is 3.71. The maximum absolute atomic E-state index is 5.92. The van der Waals surface area contributed by atoms with Gasteiger partial charge < -0.3 is 9.64 Å². The summed E-state index contributed by atoms with van der Waals surface area (Å²) in [6, 6.07) is 6.59. The first-order chi connectivity index (χ1) is 11.8. The Labute approximate surface area is 145 Å². The molecule has 1 aliphatic heterocycles. The van der Waals surface area contributed by atoms with Crippen LogP contribution in [-0.4, -0.2) is 45.7 Å². The Bertz CT molecular complexity index is 799. The Kier molecular flexibility index (Phi) is 4.49. The number of hydrogen-bond donors (Lipinski definition) is 0. The van der Waals surface area contributed by atoms with Gasteiger partial charge in [-0.2, -0.15) is 11.3 Å². The summed E-state index contributed by atoms with van der Waals surface area (Å²) < 4.78 is 7.79. The van der Waals surface area contributed by atoms with Gasteiger partial charge in [-0.3, -0.25) is 0 Å². The molecule has 24 heavy (non-hydrogen) atoms. The van der Waals surface area contributed by atoms with Crippen molar-refractivity contribution in [2.75, 3.05) is 20.2 Å². The van der Waals surface area contributed by atoms with Crippen molar-refractivity contribution in [2.45, 2.75) is 31.7 Å². The van der Waals surface area contributed by atoms with Crippen molar-refractivity contribution < 1.29 is 4.74 Å². The largest absolute Gasteiger partial charge is 0.477 e. The van der Waals surface area contributed by atoms with Crippen LogP contribution in [0.15, 0.2) is 35.2 Å². The summed E-state index contributed by atoms with van der Waals surface area (Å²) in [6.45, 7) is 1.91. The molecule has 3 aromatic heterocycles. The topological polar surface area (TPSA) is 42.7 Å². The van der Waals surface area contributed by atoms with Gasteiger partial charge in [0.2, 0.25) is 5.88 Å². The van der Waals surface area contributed by atoms with Crippen LogP contribution >= 0.6 is 11.3 Å². The number of aromatic nitrogens is 3. The molecule has 0 amide bonds. The smallest absolute Gasteiger partial charge is 0.231 e. The van der Waals surface area contributed by atoms with Crippen LogP contribution < -0.4 is 4.74 Å². The average Bonchev–Trinajstić information content (AvgIpc) is 3.25. The van der Waals surface area contributed by atoms with Crippen LogP contribution in [0.25, 0.3) is 16.9 Å². The summed E-state index contributed by atoms with van der Waals surface area (Å²) in [4.78, 5) is 6.87. The van der Waals surface area contributed by atoms with E-state index in [1.165, 1.54) is 25.8 Å². The lowest BCUT2D eigenvalue weighted by Crippen LogP contribution is -2.37. The highest BCUT2D eigenvalue weighted by Gasteiger charge is 2.18. The van der Waals surface area contributed by atoms with Crippen molar-refractivity contribution in [3.8, 4) is 17.1 Å². The minimum atomic E-state index is 0.636. The Hall–Kier alpha value is -1.92. The van der Waals surface area contributed by atoms with Crippen molar-refractivity contribution in [3.05, 3.63) is 35.2 Å². The average molecular weight is 342 g/mol. The molecule has 3 aromatic rings. The maximum Gasteiger partial charge on any atom is 0.231 e. The summed E-state index contributed by atoms with van der Waals surface area (Å²) in [5.74, 6) is 0.662. The van der Waals surface area contributed by atoms with Gasteiger partial charge in [0.05, 0.1) is 18.5 Å². The number of hydrogen-bond acceptors (Lipinski definition) is 5. The van der Waals surface area contributed by atoms with Gasteiger partial charge in [0, 0.05) is 23.1 Å². The number of thiophene rings is 1. The van der Waals surface area contributed by atoms with Gasteiger partial charge in [-0.25, -0.2) is 9.50 Å². The molecule has 0 spiro atoms. The quantitative estimate of drug-likeness (QED) is 0.709. The molecule has 126 valence electrons. The molecule has 0 N–H and O–H groups in total. The normalized spacial score (nSPS) is 19.0. The highest BCUT2D eigenvalue weighted by molar-refractivity contribution is 7.08. The molecule has 1 fully saturated rings. The highest BCUT2D eigenvalue weighted by atomic mass is 32.1. The molecule has 5 nitrogen and oxygen atoms in total. The highest BCUT2D eigenvalue weighted by Crippen LogP contribution is 2.23. The Morgan fingerprint density at radius 1 is 1.29 bits per heavy atom.